The molecule has 0 saturated carbocycles. The fourth-order valence-corrected chi connectivity index (χ4v) is 4.79. The molecule has 9 nitrogen and oxygen atoms in total. The van der Waals surface area contributed by atoms with Crippen LogP contribution in [0.1, 0.15) is 22.5 Å². The summed E-state index contributed by atoms with van der Waals surface area (Å²) in [5.41, 5.74) is -0.187. The second-order valence-electron chi connectivity index (χ2n) is 8.89. The van der Waals surface area contributed by atoms with Crippen LogP contribution in [0.25, 0.3) is 10.9 Å². The van der Waals surface area contributed by atoms with Crippen LogP contribution in [0.2, 0.25) is 5.02 Å². The van der Waals surface area contributed by atoms with Gasteiger partial charge in [-0.25, -0.2) is 4.39 Å². The smallest absolute Gasteiger partial charge is 0.270 e. The molecule has 2 aliphatic rings. The summed E-state index contributed by atoms with van der Waals surface area (Å²) in [6.45, 7) is 2.08. The van der Waals surface area contributed by atoms with Gasteiger partial charge < -0.3 is 29.9 Å². The monoisotopic (exact) mass is 514 g/mol. The molecular weight excluding hydrogens is 491 g/mol. The van der Waals surface area contributed by atoms with Crippen molar-refractivity contribution < 1.29 is 28.6 Å². The van der Waals surface area contributed by atoms with Crippen molar-refractivity contribution in [3.63, 3.8) is 0 Å². The van der Waals surface area contributed by atoms with Crippen LogP contribution in [0.5, 0.6) is 0 Å². The van der Waals surface area contributed by atoms with Crippen molar-refractivity contribution in [2.24, 2.45) is 0 Å². The van der Waals surface area contributed by atoms with E-state index in [9.17, 15) is 23.9 Å². The number of carbonyl (C=O) groups is 3. The Hall–Kier alpha value is -3.47. The molecule has 3 N–H and O–H groups in total. The van der Waals surface area contributed by atoms with Crippen molar-refractivity contribution in [1.29, 1.82) is 0 Å². The third-order valence-electron chi connectivity index (χ3n) is 6.49. The Bertz CT molecular complexity index is 1340. The Kier molecular flexibility index (Phi) is 6.42. The highest BCUT2D eigenvalue weighted by atomic mass is 35.5. The molecule has 188 valence electrons. The van der Waals surface area contributed by atoms with E-state index in [1.807, 2.05) is 0 Å². The number of hydrogen-bond acceptors (Lipinski definition) is 5. The minimum atomic E-state index is -2.25. The zero-order chi connectivity index (χ0) is 25.4. The average molecular weight is 515 g/mol. The molecule has 1 atom stereocenters. The number of aromatic nitrogens is 1. The molecule has 3 heterocycles. The van der Waals surface area contributed by atoms with E-state index < -0.39 is 23.2 Å². The number of anilines is 1. The third kappa shape index (κ3) is 4.55. The summed E-state index contributed by atoms with van der Waals surface area (Å²) in [5, 5.41) is 14.3. The number of halogens is 2. The van der Waals surface area contributed by atoms with E-state index in [0.717, 1.165) is 17.0 Å². The number of nitrogens with zero attached hydrogens (tertiary/aromatic N) is 2. The van der Waals surface area contributed by atoms with Gasteiger partial charge in [0.2, 0.25) is 5.60 Å². The molecule has 2 fully saturated rings. The first-order valence-corrected chi connectivity index (χ1v) is 11.9. The van der Waals surface area contributed by atoms with Gasteiger partial charge in [0, 0.05) is 54.2 Å². The Morgan fingerprint density at radius 3 is 2.67 bits per heavy atom. The predicted octanol–water partition coefficient (Wildman–Crippen LogP) is 2.22. The number of nitrogens with one attached hydrogen (secondary N) is 2. The summed E-state index contributed by atoms with van der Waals surface area (Å²) in [7, 11) is 0. The van der Waals surface area contributed by atoms with E-state index in [1.165, 1.54) is 17.0 Å². The number of rotatable bonds is 5. The van der Waals surface area contributed by atoms with Crippen LogP contribution in [-0.2, 0) is 20.9 Å². The highest BCUT2D eigenvalue weighted by Gasteiger charge is 2.51. The van der Waals surface area contributed by atoms with Gasteiger partial charge in [0.25, 0.3) is 17.7 Å². The number of morpholine rings is 1. The molecule has 2 aliphatic heterocycles. The number of fused-ring (bicyclic) bond motifs is 1. The highest BCUT2D eigenvalue weighted by Crippen LogP contribution is 2.31. The molecule has 0 spiro atoms. The molecule has 3 amide bonds. The maximum absolute atomic E-state index is 13.5. The van der Waals surface area contributed by atoms with E-state index in [4.69, 9.17) is 16.3 Å². The zero-order valence-electron chi connectivity index (χ0n) is 19.2. The maximum Gasteiger partial charge on any atom is 0.270 e. The van der Waals surface area contributed by atoms with E-state index in [-0.39, 0.29) is 30.4 Å². The summed E-state index contributed by atoms with van der Waals surface area (Å²) in [6.07, 6.45) is -0.104. The quantitative estimate of drug-likeness (QED) is 0.452. The molecule has 0 bridgehead atoms. The molecular formula is C25H24ClFN4O5. The van der Waals surface area contributed by atoms with Gasteiger partial charge >= 0.3 is 0 Å². The third-order valence-corrected chi connectivity index (χ3v) is 6.71. The van der Waals surface area contributed by atoms with Gasteiger partial charge in [-0.2, -0.15) is 0 Å². The van der Waals surface area contributed by atoms with E-state index >= 15 is 0 Å². The standard InChI is InChI=1S/C25H24ClFN4O5/c26-17-9-15(10-18(27)13-17)14-28-23(33)25(35)3-4-31(24(25)34)19-1-2-20-16(11-19)12-21(29-20)22(32)30-5-7-36-8-6-30/h1-2,9-13,29,35H,3-8,14H2,(H,28,33)/t25-/m0/s1. The van der Waals surface area contributed by atoms with Crippen molar-refractivity contribution in [3.8, 4) is 0 Å². The number of ether oxygens (including phenoxy) is 1. The minimum absolute atomic E-state index is 0.0961. The van der Waals surface area contributed by atoms with Gasteiger partial charge in [-0.1, -0.05) is 11.6 Å². The lowest BCUT2D eigenvalue weighted by atomic mass is 10.0. The van der Waals surface area contributed by atoms with Crippen LogP contribution in [0.15, 0.2) is 42.5 Å². The van der Waals surface area contributed by atoms with Crippen molar-refractivity contribution in [1.82, 2.24) is 15.2 Å². The predicted molar refractivity (Wildman–Crippen MR) is 130 cm³/mol. The molecule has 0 unspecified atom stereocenters. The first-order valence-electron chi connectivity index (χ1n) is 11.5. The number of H-pyrrole nitrogens is 1. The van der Waals surface area contributed by atoms with Gasteiger partial charge in [0.05, 0.1) is 13.2 Å². The number of aromatic amines is 1. The molecule has 5 rings (SSSR count). The summed E-state index contributed by atoms with van der Waals surface area (Å²) in [6, 6.07) is 10.7. The summed E-state index contributed by atoms with van der Waals surface area (Å²) in [4.78, 5) is 44.8. The highest BCUT2D eigenvalue weighted by molar-refractivity contribution is 6.30. The largest absolute Gasteiger partial charge is 0.378 e. The molecule has 0 aliphatic carbocycles. The molecule has 36 heavy (non-hydrogen) atoms. The van der Waals surface area contributed by atoms with E-state index in [1.54, 1.807) is 29.2 Å². The van der Waals surface area contributed by atoms with Crippen LogP contribution in [0.3, 0.4) is 0 Å². The lowest BCUT2D eigenvalue weighted by Crippen LogP contribution is -2.52. The Labute approximate surface area is 210 Å². The fourth-order valence-electron chi connectivity index (χ4n) is 4.54. The first kappa shape index (κ1) is 24.2. The second kappa shape index (κ2) is 9.53. The van der Waals surface area contributed by atoms with Crippen LogP contribution < -0.4 is 10.2 Å². The van der Waals surface area contributed by atoms with Crippen LogP contribution in [-0.4, -0.2) is 71.2 Å². The number of carbonyl (C=O) groups excluding carboxylic acids is 3. The van der Waals surface area contributed by atoms with Crippen LogP contribution in [0.4, 0.5) is 10.1 Å². The van der Waals surface area contributed by atoms with Gasteiger partial charge in [0.15, 0.2) is 0 Å². The van der Waals surface area contributed by atoms with Crippen LogP contribution in [0, 0.1) is 5.82 Å². The normalized spacial score (nSPS) is 20.2. The lowest BCUT2D eigenvalue weighted by molar-refractivity contribution is -0.149. The fraction of sp³-hybridized carbons (Fsp3) is 0.320. The Morgan fingerprint density at radius 1 is 1.14 bits per heavy atom. The SMILES string of the molecule is O=C(c1cc2cc(N3CC[C@](O)(C(=O)NCc4cc(F)cc(Cl)c4)C3=O)ccc2[nH]1)N1CCOCC1. The van der Waals surface area contributed by atoms with Gasteiger partial charge in [0.1, 0.15) is 11.5 Å². The Balaban J connectivity index is 1.30. The van der Waals surface area contributed by atoms with Gasteiger partial charge in [-0.3, -0.25) is 14.4 Å². The average Bonchev–Trinajstić information content (AvgIpc) is 3.43. The number of benzene rings is 2. The lowest BCUT2D eigenvalue weighted by Gasteiger charge is -2.26. The number of aliphatic hydroxyl groups is 1. The van der Waals surface area contributed by atoms with E-state index in [0.29, 0.717) is 43.2 Å². The van der Waals surface area contributed by atoms with Crippen LogP contribution >= 0.6 is 11.6 Å². The minimum Gasteiger partial charge on any atom is -0.378 e. The van der Waals surface area contributed by atoms with E-state index in [2.05, 4.69) is 10.3 Å². The van der Waals surface area contributed by atoms with Crippen molar-refractivity contribution in [3.05, 3.63) is 64.6 Å². The zero-order valence-corrected chi connectivity index (χ0v) is 20.0. The van der Waals surface area contributed by atoms with Gasteiger partial charge in [-0.05, 0) is 48.0 Å². The molecule has 2 saturated heterocycles. The Morgan fingerprint density at radius 2 is 1.92 bits per heavy atom. The molecule has 3 aromatic rings. The molecule has 1 aromatic heterocycles. The molecule has 2 aromatic carbocycles. The second-order valence-corrected chi connectivity index (χ2v) is 9.32. The summed E-state index contributed by atoms with van der Waals surface area (Å²) in [5.74, 6) is -2.30. The van der Waals surface area contributed by atoms with Crippen molar-refractivity contribution >= 4 is 45.9 Å². The van der Waals surface area contributed by atoms with Gasteiger partial charge in [-0.15, -0.1) is 0 Å². The summed E-state index contributed by atoms with van der Waals surface area (Å²) >= 11 is 5.84. The molecule has 0 radical (unpaired) electrons. The summed E-state index contributed by atoms with van der Waals surface area (Å²) < 4.78 is 18.8. The first-order chi connectivity index (χ1) is 17.2. The number of hydrogen-bond donors (Lipinski definition) is 3. The molecule has 11 heteroatoms. The maximum atomic E-state index is 13.5. The topological polar surface area (TPSA) is 115 Å². The van der Waals surface area contributed by atoms with Crippen molar-refractivity contribution in [2.75, 3.05) is 37.7 Å². The number of amides is 3. The van der Waals surface area contributed by atoms with Crippen molar-refractivity contribution in [2.45, 2.75) is 18.6 Å².